The molecule has 270 valence electrons. The maximum Gasteiger partial charge on any atom is 0.339 e. The van der Waals surface area contributed by atoms with Gasteiger partial charge in [-0.3, -0.25) is 0 Å². The van der Waals surface area contributed by atoms with Crippen LogP contribution in [-0.2, 0) is 35.0 Å². The molecule has 4 heterocycles. The zero-order chi connectivity index (χ0) is 35.3. The summed E-state index contributed by atoms with van der Waals surface area (Å²) in [5.41, 5.74) is 1.70. The molecular weight excluding hydrogens is 664 g/mol. The molecule has 0 amide bonds. The van der Waals surface area contributed by atoms with E-state index in [1.807, 2.05) is 0 Å². The summed E-state index contributed by atoms with van der Waals surface area (Å²) < 4.78 is 62.7. The van der Waals surface area contributed by atoms with Crippen LogP contribution in [0.2, 0.25) is 0 Å². The molecule has 2 fully saturated rings. The van der Waals surface area contributed by atoms with Gasteiger partial charge in [0, 0.05) is 30.7 Å². The first-order chi connectivity index (χ1) is 24.2. The second kappa shape index (κ2) is 14.0. The Morgan fingerprint density at radius 1 is 0.800 bits per heavy atom. The van der Waals surface area contributed by atoms with E-state index in [-0.39, 0.29) is 31.3 Å². The number of hydrogen-bond donors (Lipinski definition) is 4. The van der Waals surface area contributed by atoms with Crippen LogP contribution in [-0.4, -0.2) is 130 Å². The van der Waals surface area contributed by atoms with Gasteiger partial charge in [0.1, 0.15) is 55.1 Å². The fraction of sp³-hybridized carbons (Fsp3) is 0.500. The molecule has 9 atom stereocenters. The quantitative estimate of drug-likeness (QED) is 0.217. The van der Waals surface area contributed by atoms with Crippen molar-refractivity contribution < 1.29 is 77.3 Å². The van der Waals surface area contributed by atoms with Crippen LogP contribution in [0.4, 0.5) is 0 Å². The summed E-state index contributed by atoms with van der Waals surface area (Å²) in [6, 6.07) is 8.65. The number of cyclic esters (lactones) is 1. The molecule has 0 aliphatic carbocycles. The summed E-state index contributed by atoms with van der Waals surface area (Å²) in [6.45, 7) is -0.912. The van der Waals surface area contributed by atoms with Crippen LogP contribution in [0, 0.1) is 0 Å². The Morgan fingerprint density at radius 3 is 2.22 bits per heavy atom. The highest BCUT2D eigenvalue weighted by molar-refractivity contribution is 6.14. The highest BCUT2D eigenvalue weighted by Crippen LogP contribution is 2.50. The second-order valence-corrected chi connectivity index (χ2v) is 12.0. The van der Waals surface area contributed by atoms with Crippen molar-refractivity contribution in [1.29, 1.82) is 0 Å². The lowest BCUT2D eigenvalue weighted by atomic mass is 9.89. The number of methoxy groups -OCH3 is 4. The second-order valence-electron chi connectivity index (χ2n) is 12.0. The average molecular weight is 703 g/mol. The third-order valence-corrected chi connectivity index (χ3v) is 9.37. The maximum absolute atomic E-state index is 13.4. The molecular formula is C34H38O16. The molecule has 50 heavy (non-hydrogen) atoms. The van der Waals surface area contributed by atoms with Crippen molar-refractivity contribution in [3.05, 3.63) is 41.5 Å². The van der Waals surface area contributed by atoms with Crippen LogP contribution < -0.4 is 23.7 Å². The SMILES string of the molecule is COc1cc2c(O[C@H]3O[C@@H](CO)[C@@H](O[C@H]4OC[C@H](O)[C@H](OC)[C@@H]4OC)[C@@H](O)[C@@H]3O)c3c(c(-c4ccc5c(c4)OCO5)c2cc1OC)C(=O)OC3. The van der Waals surface area contributed by atoms with Gasteiger partial charge >= 0.3 is 5.97 Å². The van der Waals surface area contributed by atoms with Crippen LogP contribution in [0.3, 0.4) is 0 Å². The van der Waals surface area contributed by atoms with Crippen molar-refractivity contribution in [2.24, 2.45) is 0 Å². The molecule has 0 bridgehead atoms. The van der Waals surface area contributed by atoms with E-state index in [4.69, 9.17) is 52.1 Å². The molecule has 16 heteroatoms. The van der Waals surface area contributed by atoms with E-state index in [9.17, 15) is 25.2 Å². The zero-order valence-corrected chi connectivity index (χ0v) is 27.6. The summed E-state index contributed by atoms with van der Waals surface area (Å²) in [5.74, 6) is 1.28. The summed E-state index contributed by atoms with van der Waals surface area (Å²) >= 11 is 0. The van der Waals surface area contributed by atoms with Crippen LogP contribution in [0.1, 0.15) is 15.9 Å². The molecule has 16 nitrogen and oxygen atoms in total. The molecule has 0 saturated carbocycles. The Bertz CT molecular complexity index is 1740. The largest absolute Gasteiger partial charge is 0.493 e. The first-order valence-corrected chi connectivity index (χ1v) is 15.8. The molecule has 4 N–H and O–H groups in total. The molecule has 3 aromatic carbocycles. The molecule has 2 saturated heterocycles. The molecule has 0 radical (unpaired) electrons. The minimum Gasteiger partial charge on any atom is -0.493 e. The summed E-state index contributed by atoms with van der Waals surface area (Å²) in [7, 11) is 5.73. The summed E-state index contributed by atoms with van der Waals surface area (Å²) in [6.07, 6.45) is -11.4. The Hall–Kier alpha value is -3.97. The number of aliphatic hydroxyl groups is 4. The molecule has 0 aromatic heterocycles. The Morgan fingerprint density at radius 2 is 1.52 bits per heavy atom. The number of aliphatic hydroxyl groups excluding tert-OH is 4. The highest BCUT2D eigenvalue weighted by atomic mass is 16.7. The van der Waals surface area contributed by atoms with Crippen molar-refractivity contribution in [2.75, 3.05) is 48.4 Å². The number of benzene rings is 3. The van der Waals surface area contributed by atoms with Gasteiger partial charge in [0.05, 0.1) is 33.0 Å². The van der Waals surface area contributed by atoms with Crippen molar-refractivity contribution in [1.82, 2.24) is 0 Å². The third kappa shape index (κ3) is 5.75. The van der Waals surface area contributed by atoms with E-state index in [1.165, 1.54) is 28.4 Å². The van der Waals surface area contributed by atoms with Crippen molar-refractivity contribution in [3.8, 4) is 39.9 Å². The standard InChI is InChI=1S/C34H38O16/c1-40-20-8-15-16(9-21(20)41-2)28(17-11-44-32(39)25(17)24(15)14-5-6-19-22(7-14)47-13-46-19)49-33-27(38)26(37)30(23(10-35)48-33)50-34-31(43-4)29(42-3)18(36)12-45-34/h5-9,18,23,26-27,29-31,33-38H,10-13H2,1-4H3/t18-,23-,26-,27-,29-,30+,31-,33+,34+/m0/s1. The van der Waals surface area contributed by atoms with Crippen LogP contribution >= 0.6 is 0 Å². The Labute approximate surface area is 285 Å². The fourth-order valence-corrected chi connectivity index (χ4v) is 6.89. The van der Waals surface area contributed by atoms with Gasteiger partial charge in [-0.15, -0.1) is 0 Å². The average Bonchev–Trinajstić information content (AvgIpc) is 3.77. The van der Waals surface area contributed by atoms with E-state index in [0.29, 0.717) is 50.5 Å². The zero-order valence-electron chi connectivity index (χ0n) is 27.6. The molecule has 7 rings (SSSR count). The highest BCUT2D eigenvalue weighted by Gasteiger charge is 2.51. The van der Waals surface area contributed by atoms with E-state index in [2.05, 4.69) is 0 Å². The van der Waals surface area contributed by atoms with Crippen LogP contribution in [0.15, 0.2) is 30.3 Å². The van der Waals surface area contributed by atoms with Gasteiger partial charge in [-0.05, 0) is 35.2 Å². The van der Waals surface area contributed by atoms with Crippen LogP contribution in [0.25, 0.3) is 21.9 Å². The number of fused-ring (bicyclic) bond motifs is 3. The lowest BCUT2D eigenvalue weighted by Crippen LogP contribution is -2.64. The number of carbonyl (C=O) groups is 1. The number of esters is 1. The van der Waals surface area contributed by atoms with Gasteiger partial charge in [0.2, 0.25) is 13.1 Å². The minimum absolute atomic E-state index is 0.0607. The first-order valence-electron chi connectivity index (χ1n) is 15.8. The lowest BCUT2D eigenvalue weighted by Gasteiger charge is -2.45. The van der Waals surface area contributed by atoms with Crippen molar-refractivity contribution in [3.63, 3.8) is 0 Å². The monoisotopic (exact) mass is 702 g/mol. The molecule has 0 spiro atoms. The summed E-state index contributed by atoms with van der Waals surface area (Å²) in [5, 5.41) is 44.3. The lowest BCUT2D eigenvalue weighted by molar-refractivity contribution is -0.342. The predicted molar refractivity (Wildman–Crippen MR) is 168 cm³/mol. The van der Waals surface area contributed by atoms with Gasteiger partial charge in [-0.25, -0.2) is 4.79 Å². The maximum atomic E-state index is 13.4. The Balaban J connectivity index is 1.27. The molecule has 0 unspecified atom stereocenters. The smallest absolute Gasteiger partial charge is 0.339 e. The van der Waals surface area contributed by atoms with Gasteiger partial charge in [0.15, 0.2) is 29.3 Å². The van der Waals surface area contributed by atoms with E-state index < -0.39 is 67.9 Å². The third-order valence-electron chi connectivity index (χ3n) is 9.37. The van der Waals surface area contributed by atoms with E-state index in [0.717, 1.165) is 0 Å². The van der Waals surface area contributed by atoms with Crippen LogP contribution in [0.5, 0.6) is 28.7 Å². The minimum atomic E-state index is -1.73. The van der Waals surface area contributed by atoms with E-state index >= 15 is 0 Å². The van der Waals surface area contributed by atoms with E-state index in [1.54, 1.807) is 30.3 Å². The van der Waals surface area contributed by atoms with Gasteiger partial charge in [0.25, 0.3) is 0 Å². The van der Waals surface area contributed by atoms with Gasteiger partial charge < -0.3 is 72.5 Å². The Kier molecular flexibility index (Phi) is 9.64. The predicted octanol–water partition coefficient (Wildman–Crippen LogP) is 0.873. The van der Waals surface area contributed by atoms with Gasteiger partial charge in [-0.1, -0.05) is 6.07 Å². The summed E-state index contributed by atoms with van der Waals surface area (Å²) in [4.78, 5) is 13.4. The molecule has 3 aromatic rings. The number of carbonyl (C=O) groups excluding carboxylic acids is 1. The van der Waals surface area contributed by atoms with Crippen molar-refractivity contribution >= 4 is 16.7 Å². The molecule has 4 aliphatic rings. The topological polar surface area (TPSA) is 200 Å². The van der Waals surface area contributed by atoms with Crippen molar-refractivity contribution in [2.45, 2.75) is 61.9 Å². The normalized spacial score (nSPS) is 30.2. The number of ether oxygens (including phenoxy) is 11. The fourth-order valence-electron chi connectivity index (χ4n) is 6.89. The number of rotatable bonds is 10. The first kappa shape index (κ1) is 34.5. The molecule has 4 aliphatic heterocycles. The van der Waals surface area contributed by atoms with Gasteiger partial charge in [-0.2, -0.15) is 0 Å². The number of hydrogen-bond acceptors (Lipinski definition) is 16.